The Balaban J connectivity index is 1.91. The zero-order chi connectivity index (χ0) is 18.1. The van der Waals surface area contributed by atoms with Crippen molar-refractivity contribution in [3.8, 4) is 0 Å². The number of pyridine rings is 1. The first kappa shape index (κ1) is 17.0. The number of fused-ring (bicyclic) bond motifs is 3. The van der Waals surface area contributed by atoms with E-state index in [0.29, 0.717) is 0 Å². The molecule has 4 rings (SSSR count). The second-order valence-electron chi connectivity index (χ2n) is 7.07. The normalized spacial score (nSPS) is 15.8. The molecule has 0 radical (unpaired) electrons. The van der Waals surface area contributed by atoms with Crippen LogP contribution in [0.3, 0.4) is 0 Å². The van der Waals surface area contributed by atoms with E-state index in [1.54, 1.807) is 6.20 Å². The van der Waals surface area contributed by atoms with Gasteiger partial charge in [0, 0.05) is 55.0 Å². The molecule has 0 saturated carbocycles. The molecule has 1 atom stereocenters. The van der Waals surface area contributed by atoms with E-state index in [2.05, 4.69) is 46.2 Å². The van der Waals surface area contributed by atoms with Gasteiger partial charge in [-0.3, -0.25) is 9.88 Å². The van der Waals surface area contributed by atoms with Crippen molar-refractivity contribution in [3.05, 3.63) is 77.8 Å². The summed E-state index contributed by atoms with van der Waals surface area (Å²) in [6, 6.07) is 10.5. The van der Waals surface area contributed by atoms with Gasteiger partial charge in [0.1, 0.15) is 0 Å². The first-order chi connectivity index (χ1) is 12.7. The number of hydrogen-bond donors (Lipinski definition) is 1. The molecular formula is C22H25N3O. The van der Waals surface area contributed by atoms with Crippen LogP contribution in [0.25, 0.3) is 10.9 Å². The molecule has 0 aliphatic carbocycles. The van der Waals surface area contributed by atoms with Crippen molar-refractivity contribution in [2.45, 2.75) is 25.9 Å². The number of aliphatic hydroxyl groups excluding tert-OH is 1. The number of nitrogens with zero attached hydrogens (tertiary/aromatic N) is 3. The summed E-state index contributed by atoms with van der Waals surface area (Å²) in [6.07, 6.45) is 6.59. The Morgan fingerprint density at radius 1 is 1.35 bits per heavy atom. The van der Waals surface area contributed by atoms with Gasteiger partial charge < -0.3 is 9.67 Å². The number of aromatic nitrogens is 2. The molecule has 0 bridgehead atoms. The molecule has 1 aliphatic rings. The second kappa shape index (κ2) is 7.06. The summed E-state index contributed by atoms with van der Waals surface area (Å²) < 4.78 is 2.34. The van der Waals surface area contributed by atoms with Gasteiger partial charge in [-0.25, -0.2) is 0 Å². The maximum atomic E-state index is 10.2. The van der Waals surface area contributed by atoms with Gasteiger partial charge in [-0.05, 0) is 36.2 Å². The summed E-state index contributed by atoms with van der Waals surface area (Å²) in [6.45, 7) is 8.94. The van der Waals surface area contributed by atoms with E-state index < -0.39 is 0 Å². The monoisotopic (exact) mass is 347 g/mol. The number of aliphatic hydroxyl groups is 1. The Kier molecular flexibility index (Phi) is 4.62. The highest BCUT2D eigenvalue weighted by Gasteiger charge is 2.27. The van der Waals surface area contributed by atoms with Crippen molar-refractivity contribution in [2.75, 3.05) is 19.7 Å². The van der Waals surface area contributed by atoms with Crippen molar-refractivity contribution in [1.82, 2.24) is 14.5 Å². The zero-order valence-electron chi connectivity index (χ0n) is 15.2. The third-order valence-electron chi connectivity index (χ3n) is 5.36. The minimum atomic E-state index is -0.108. The fraction of sp³-hybridized carbons (Fsp3) is 0.318. The van der Waals surface area contributed by atoms with Gasteiger partial charge in [0.15, 0.2) is 0 Å². The van der Waals surface area contributed by atoms with Crippen LogP contribution in [0, 0.1) is 6.92 Å². The SMILES string of the molecule is C=CCN1CCc2c(c3cc(C)ccc3n2C(CO)c2cccnc2)C1. The first-order valence-electron chi connectivity index (χ1n) is 9.19. The van der Waals surface area contributed by atoms with Gasteiger partial charge in [0.2, 0.25) is 0 Å². The predicted molar refractivity (Wildman–Crippen MR) is 105 cm³/mol. The van der Waals surface area contributed by atoms with Crippen LogP contribution in [0.15, 0.2) is 55.4 Å². The highest BCUT2D eigenvalue weighted by atomic mass is 16.3. The molecule has 26 heavy (non-hydrogen) atoms. The summed E-state index contributed by atoms with van der Waals surface area (Å²) in [5, 5.41) is 11.5. The van der Waals surface area contributed by atoms with Crippen molar-refractivity contribution in [3.63, 3.8) is 0 Å². The van der Waals surface area contributed by atoms with Crippen LogP contribution in [-0.4, -0.2) is 39.3 Å². The van der Waals surface area contributed by atoms with E-state index >= 15 is 0 Å². The molecule has 1 aromatic carbocycles. The minimum absolute atomic E-state index is 0.0617. The summed E-state index contributed by atoms with van der Waals surface area (Å²) in [5.74, 6) is 0. The molecule has 4 heteroatoms. The molecule has 3 aromatic rings. The fourth-order valence-electron chi connectivity index (χ4n) is 4.17. The Bertz CT molecular complexity index is 929. The molecule has 0 amide bonds. The van der Waals surface area contributed by atoms with Crippen LogP contribution in [0.2, 0.25) is 0 Å². The minimum Gasteiger partial charge on any atom is -0.394 e. The van der Waals surface area contributed by atoms with E-state index in [1.807, 2.05) is 24.4 Å². The van der Waals surface area contributed by atoms with E-state index in [-0.39, 0.29) is 12.6 Å². The quantitative estimate of drug-likeness (QED) is 0.719. The van der Waals surface area contributed by atoms with Crippen LogP contribution < -0.4 is 0 Å². The average Bonchev–Trinajstić information content (AvgIpc) is 2.97. The standard InChI is InChI=1S/C22H25N3O/c1-3-10-24-11-8-21-19(14-24)18-12-16(2)6-7-20(18)25(21)22(15-26)17-5-4-9-23-13-17/h3-7,9,12-13,22,26H,1,8,10-11,14-15H2,2H3. The summed E-state index contributed by atoms with van der Waals surface area (Å²) in [5.41, 5.74) is 6.24. The third kappa shape index (κ3) is 2.85. The molecule has 1 aliphatic heterocycles. The molecule has 4 nitrogen and oxygen atoms in total. The Labute approximate surface area is 154 Å². The van der Waals surface area contributed by atoms with Crippen molar-refractivity contribution in [2.24, 2.45) is 0 Å². The second-order valence-corrected chi connectivity index (χ2v) is 7.07. The molecule has 0 fully saturated rings. The highest BCUT2D eigenvalue weighted by Crippen LogP contribution is 2.35. The lowest BCUT2D eigenvalue weighted by Crippen LogP contribution is -2.32. The van der Waals surface area contributed by atoms with E-state index in [1.165, 1.54) is 27.7 Å². The molecule has 2 aromatic heterocycles. The lowest BCUT2D eigenvalue weighted by Gasteiger charge is -2.29. The van der Waals surface area contributed by atoms with Crippen LogP contribution in [0.5, 0.6) is 0 Å². The Morgan fingerprint density at radius 3 is 2.96 bits per heavy atom. The van der Waals surface area contributed by atoms with Crippen LogP contribution in [-0.2, 0) is 13.0 Å². The van der Waals surface area contributed by atoms with Crippen LogP contribution >= 0.6 is 0 Å². The topological polar surface area (TPSA) is 41.3 Å². The van der Waals surface area contributed by atoms with Crippen molar-refractivity contribution < 1.29 is 5.11 Å². The maximum absolute atomic E-state index is 10.2. The van der Waals surface area contributed by atoms with Gasteiger partial charge in [-0.1, -0.05) is 23.8 Å². The number of aryl methyl sites for hydroxylation is 1. The van der Waals surface area contributed by atoms with Crippen molar-refractivity contribution in [1.29, 1.82) is 0 Å². The predicted octanol–water partition coefficient (Wildman–Crippen LogP) is 3.47. The lowest BCUT2D eigenvalue weighted by molar-refractivity contribution is 0.242. The number of rotatable bonds is 5. The molecule has 0 saturated heterocycles. The largest absolute Gasteiger partial charge is 0.394 e. The molecular weight excluding hydrogens is 322 g/mol. The Morgan fingerprint density at radius 2 is 2.23 bits per heavy atom. The number of benzene rings is 1. The smallest absolute Gasteiger partial charge is 0.0834 e. The molecule has 1 N–H and O–H groups in total. The molecule has 0 spiro atoms. The van der Waals surface area contributed by atoms with E-state index in [4.69, 9.17) is 0 Å². The third-order valence-corrected chi connectivity index (χ3v) is 5.36. The molecule has 3 heterocycles. The zero-order valence-corrected chi connectivity index (χ0v) is 15.2. The van der Waals surface area contributed by atoms with Gasteiger partial charge in [0.25, 0.3) is 0 Å². The van der Waals surface area contributed by atoms with Gasteiger partial charge in [-0.2, -0.15) is 0 Å². The summed E-state index contributed by atoms with van der Waals surface area (Å²) in [7, 11) is 0. The lowest BCUT2D eigenvalue weighted by atomic mass is 10.0. The molecule has 134 valence electrons. The molecule has 1 unspecified atom stereocenters. The Hall–Kier alpha value is -2.43. The van der Waals surface area contributed by atoms with E-state index in [0.717, 1.165) is 31.6 Å². The van der Waals surface area contributed by atoms with Crippen molar-refractivity contribution >= 4 is 10.9 Å². The summed E-state index contributed by atoms with van der Waals surface area (Å²) >= 11 is 0. The van der Waals surface area contributed by atoms with E-state index in [9.17, 15) is 5.11 Å². The first-order valence-corrected chi connectivity index (χ1v) is 9.19. The fourth-order valence-corrected chi connectivity index (χ4v) is 4.17. The van der Waals surface area contributed by atoms with Gasteiger partial charge >= 0.3 is 0 Å². The van der Waals surface area contributed by atoms with Crippen LogP contribution in [0.1, 0.15) is 28.4 Å². The van der Waals surface area contributed by atoms with Crippen LogP contribution in [0.4, 0.5) is 0 Å². The number of hydrogen-bond acceptors (Lipinski definition) is 3. The average molecular weight is 347 g/mol. The van der Waals surface area contributed by atoms with Gasteiger partial charge in [0.05, 0.1) is 12.6 Å². The highest BCUT2D eigenvalue weighted by molar-refractivity contribution is 5.87. The summed E-state index contributed by atoms with van der Waals surface area (Å²) in [4.78, 5) is 6.69. The van der Waals surface area contributed by atoms with Gasteiger partial charge in [-0.15, -0.1) is 6.58 Å². The maximum Gasteiger partial charge on any atom is 0.0834 e.